The topological polar surface area (TPSA) is 105 Å². The van der Waals surface area contributed by atoms with Crippen LogP contribution in [0.3, 0.4) is 0 Å². The molecule has 0 saturated carbocycles. The lowest BCUT2D eigenvalue weighted by atomic mass is 9.99. The molecule has 1 aromatic rings. The van der Waals surface area contributed by atoms with Crippen LogP contribution in [0.15, 0.2) is 21.9 Å². The van der Waals surface area contributed by atoms with E-state index in [1.807, 2.05) is 10.4 Å². The number of aromatic amines is 1. The van der Waals surface area contributed by atoms with Gasteiger partial charge in [0.2, 0.25) is 0 Å². The van der Waals surface area contributed by atoms with Gasteiger partial charge in [0.15, 0.2) is 11.1 Å². The fraction of sp³-hybridized carbons (Fsp3) is 0.455. The zero-order chi connectivity index (χ0) is 14.9. The summed E-state index contributed by atoms with van der Waals surface area (Å²) in [7, 11) is 0. The number of H-pyrrole nitrogens is 1. The Bertz CT molecular complexity index is 676. The van der Waals surface area contributed by atoms with E-state index >= 15 is 0 Å². The number of aliphatic hydroxyl groups excluding tert-OH is 2. The van der Waals surface area contributed by atoms with Crippen molar-refractivity contribution >= 4 is 23.2 Å². The first-order valence-corrected chi connectivity index (χ1v) is 6.27. The average Bonchev–Trinajstić information content (AvgIpc) is 2.63. The summed E-state index contributed by atoms with van der Waals surface area (Å²) in [5.74, 6) is 2.37. The number of alkyl halides is 1. The zero-order valence-corrected chi connectivity index (χ0v) is 11.4. The second-order valence-electron chi connectivity index (χ2n) is 4.16. The van der Waals surface area contributed by atoms with Crippen LogP contribution in [0.4, 0.5) is 0 Å². The van der Waals surface area contributed by atoms with Crippen molar-refractivity contribution in [2.45, 2.75) is 23.3 Å². The monoisotopic (exact) mass is 320 g/mol. The maximum absolute atomic E-state index is 11.8. The number of ether oxygens (including phenoxy) is 1. The van der Waals surface area contributed by atoms with E-state index in [9.17, 15) is 14.7 Å². The van der Waals surface area contributed by atoms with E-state index in [1.54, 1.807) is 0 Å². The number of halogens is 2. The van der Waals surface area contributed by atoms with E-state index in [4.69, 9.17) is 33.0 Å². The predicted octanol–water partition coefficient (Wildman–Crippen LogP) is -1.04. The van der Waals surface area contributed by atoms with E-state index in [-0.39, 0.29) is 0 Å². The van der Waals surface area contributed by atoms with E-state index in [0.717, 1.165) is 16.8 Å². The zero-order valence-electron chi connectivity index (χ0n) is 9.92. The van der Waals surface area contributed by atoms with Crippen LogP contribution in [-0.2, 0) is 4.74 Å². The maximum atomic E-state index is 11.8. The number of aliphatic hydroxyl groups is 2. The van der Waals surface area contributed by atoms with Crippen molar-refractivity contribution in [2.24, 2.45) is 0 Å². The Labute approximate surface area is 122 Å². The lowest BCUT2D eigenvalue weighted by molar-refractivity contribution is -0.0464. The molecule has 1 fully saturated rings. The summed E-state index contributed by atoms with van der Waals surface area (Å²) >= 11 is 11.5. The van der Waals surface area contributed by atoms with Gasteiger partial charge in [0.1, 0.15) is 12.2 Å². The van der Waals surface area contributed by atoms with Crippen LogP contribution >= 0.6 is 23.2 Å². The van der Waals surface area contributed by atoms with E-state index in [1.165, 1.54) is 0 Å². The van der Waals surface area contributed by atoms with Crippen molar-refractivity contribution in [2.75, 3.05) is 6.61 Å². The molecule has 0 aliphatic carbocycles. The van der Waals surface area contributed by atoms with Crippen molar-refractivity contribution in [1.82, 2.24) is 9.55 Å². The molecule has 4 atom stereocenters. The molecule has 0 bridgehead atoms. The van der Waals surface area contributed by atoms with Gasteiger partial charge >= 0.3 is 5.69 Å². The number of hydrogen-bond acceptors (Lipinski definition) is 5. The summed E-state index contributed by atoms with van der Waals surface area (Å²) in [5.41, 5.74) is -1.37. The Morgan fingerprint density at radius 3 is 2.80 bits per heavy atom. The second kappa shape index (κ2) is 5.60. The molecule has 0 amide bonds. The first-order chi connectivity index (χ1) is 9.43. The van der Waals surface area contributed by atoms with Crippen molar-refractivity contribution in [1.29, 1.82) is 0 Å². The van der Waals surface area contributed by atoms with Crippen molar-refractivity contribution in [3.63, 3.8) is 0 Å². The summed E-state index contributed by atoms with van der Waals surface area (Å²) < 4.78 is 6.31. The Morgan fingerprint density at radius 1 is 1.55 bits per heavy atom. The average molecular weight is 321 g/mol. The molecule has 1 saturated heterocycles. The molecule has 1 aliphatic rings. The van der Waals surface area contributed by atoms with Gasteiger partial charge in [-0.05, 0) is 11.6 Å². The van der Waals surface area contributed by atoms with Crippen LogP contribution in [0.5, 0.6) is 0 Å². The highest BCUT2D eigenvalue weighted by Crippen LogP contribution is 2.42. The molecule has 108 valence electrons. The van der Waals surface area contributed by atoms with Crippen LogP contribution in [0.25, 0.3) is 0 Å². The quantitative estimate of drug-likeness (QED) is 0.477. The SMILES string of the molecule is O=c1ccn([C@@H]2O[C@H](CO)C(O)[C@]2(Cl)C#CCl)c(=O)[nH]1. The van der Waals surface area contributed by atoms with Gasteiger partial charge in [-0.3, -0.25) is 14.3 Å². The molecule has 3 N–H and O–H groups in total. The van der Waals surface area contributed by atoms with Gasteiger partial charge in [-0.1, -0.05) is 17.5 Å². The van der Waals surface area contributed by atoms with Gasteiger partial charge < -0.3 is 14.9 Å². The molecule has 0 radical (unpaired) electrons. The molecule has 9 heteroatoms. The van der Waals surface area contributed by atoms with Gasteiger partial charge in [-0.25, -0.2) is 4.79 Å². The highest BCUT2D eigenvalue weighted by molar-refractivity contribution is 6.32. The van der Waals surface area contributed by atoms with Crippen LogP contribution in [0.2, 0.25) is 0 Å². The minimum absolute atomic E-state index is 0.520. The van der Waals surface area contributed by atoms with E-state index in [2.05, 4.69) is 5.92 Å². The van der Waals surface area contributed by atoms with Gasteiger partial charge in [-0.15, -0.1) is 0 Å². The van der Waals surface area contributed by atoms with Crippen molar-refractivity contribution in [3.05, 3.63) is 33.1 Å². The first-order valence-electron chi connectivity index (χ1n) is 5.51. The molecule has 7 nitrogen and oxygen atoms in total. The fourth-order valence-electron chi connectivity index (χ4n) is 1.99. The molecule has 1 unspecified atom stereocenters. The minimum atomic E-state index is -1.72. The number of rotatable bonds is 2. The molecular formula is C11H10Cl2N2O5. The molecule has 2 heterocycles. The fourth-order valence-corrected chi connectivity index (χ4v) is 2.54. The van der Waals surface area contributed by atoms with Crippen LogP contribution < -0.4 is 11.2 Å². The third-order valence-corrected chi connectivity index (χ3v) is 3.57. The Balaban J connectivity index is 2.55. The van der Waals surface area contributed by atoms with Crippen LogP contribution in [0, 0.1) is 11.3 Å². The van der Waals surface area contributed by atoms with Crippen molar-refractivity contribution < 1.29 is 14.9 Å². The predicted molar refractivity (Wildman–Crippen MR) is 70.5 cm³/mol. The first kappa shape index (κ1) is 15.1. The summed E-state index contributed by atoms with van der Waals surface area (Å²) in [6, 6.07) is 1.09. The molecule has 1 aliphatic heterocycles. The van der Waals surface area contributed by atoms with Gasteiger partial charge in [0.25, 0.3) is 5.56 Å². The standard InChI is InChI=1S/C11H10Cl2N2O5/c12-3-2-11(13)8(18)6(5-16)20-9(11)15-4-1-7(17)14-10(15)19/h1,4,6,8-9,16,18H,5H2,(H,14,17,19)/t6-,8?,9-,11-/m1/s1. The molecule has 0 spiro atoms. The number of aromatic nitrogens is 2. The number of hydrogen-bond donors (Lipinski definition) is 3. The van der Waals surface area contributed by atoms with Crippen LogP contribution in [0.1, 0.15) is 6.23 Å². The van der Waals surface area contributed by atoms with Crippen LogP contribution in [-0.4, -0.2) is 43.5 Å². The van der Waals surface area contributed by atoms with Gasteiger partial charge in [-0.2, -0.15) is 0 Å². The normalized spacial score (nSPS) is 32.7. The highest BCUT2D eigenvalue weighted by atomic mass is 35.5. The summed E-state index contributed by atoms with van der Waals surface area (Å²) in [6.07, 6.45) is -2.46. The number of nitrogens with zero attached hydrogens (tertiary/aromatic N) is 1. The summed E-state index contributed by atoms with van der Waals surface area (Å²) in [6.45, 7) is -0.520. The minimum Gasteiger partial charge on any atom is -0.394 e. The smallest absolute Gasteiger partial charge is 0.330 e. The molecule has 0 aromatic carbocycles. The second-order valence-corrected chi connectivity index (χ2v) is 4.97. The number of nitrogens with one attached hydrogen (secondary N) is 1. The Kier molecular flexibility index (Phi) is 4.22. The lowest BCUT2D eigenvalue weighted by Crippen LogP contribution is -2.44. The summed E-state index contributed by atoms with van der Waals surface area (Å²) in [5, 5.41) is 21.2. The van der Waals surface area contributed by atoms with E-state index < -0.39 is 41.2 Å². The molecule has 20 heavy (non-hydrogen) atoms. The molecular weight excluding hydrogens is 311 g/mol. The Morgan fingerprint density at radius 2 is 2.25 bits per heavy atom. The van der Waals surface area contributed by atoms with Crippen molar-refractivity contribution in [3.8, 4) is 11.3 Å². The van der Waals surface area contributed by atoms with E-state index in [0.29, 0.717) is 0 Å². The maximum Gasteiger partial charge on any atom is 0.330 e. The third kappa shape index (κ3) is 2.37. The lowest BCUT2D eigenvalue weighted by Gasteiger charge is -2.25. The van der Waals surface area contributed by atoms with Gasteiger partial charge in [0, 0.05) is 17.6 Å². The molecule has 1 aromatic heterocycles. The molecule has 2 rings (SSSR count). The summed E-state index contributed by atoms with van der Waals surface area (Å²) in [4.78, 5) is 23.1. The largest absolute Gasteiger partial charge is 0.394 e. The third-order valence-electron chi connectivity index (χ3n) is 2.97. The van der Waals surface area contributed by atoms with Gasteiger partial charge in [0.05, 0.1) is 6.61 Å². The Hall–Kier alpha value is -1.30. The highest BCUT2D eigenvalue weighted by Gasteiger charge is 2.55.